The number of phenolic OH excluding ortho intramolecular Hbond substituents is 1. The molecule has 0 aromatic heterocycles. The molecule has 0 spiro atoms. The molecular weight excluding hydrogens is 230 g/mol. The second-order valence-corrected chi connectivity index (χ2v) is 5.00. The van der Waals surface area contributed by atoms with Gasteiger partial charge in [-0.1, -0.05) is 25.3 Å². The maximum Gasteiger partial charge on any atom is 0.251 e. The minimum Gasteiger partial charge on any atom is -0.508 e. The van der Waals surface area contributed by atoms with Gasteiger partial charge in [-0.15, -0.1) is 0 Å². The van der Waals surface area contributed by atoms with Crippen LogP contribution >= 0.6 is 0 Å². The number of hydrogen-bond donors (Lipinski definition) is 3. The predicted molar refractivity (Wildman–Crippen MR) is 68.5 cm³/mol. The van der Waals surface area contributed by atoms with Crippen LogP contribution in [0.25, 0.3) is 0 Å². The minimum absolute atomic E-state index is 0.0302. The van der Waals surface area contributed by atoms with Crippen molar-refractivity contribution in [3.05, 3.63) is 29.8 Å². The van der Waals surface area contributed by atoms with Gasteiger partial charge in [0.2, 0.25) is 0 Å². The molecule has 0 radical (unpaired) electrons. The average molecular weight is 249 g/mol. The molecule has 2 rings (SSSR count). The Morgan fingerprint density at radius 2 is 2.00 bits per heavy atom. The average Bonchev–Trinajstić information content (AvgIpc) is 2.40. The zero-order valence-electron chi connectivity index (χ0n) is 10.4. The van der Waals surface area contributed by atoms with Gasteiger partial charge >= 0.3 is 0 Å². The van der Waals surface area contributed by atoms with Gasteiger partial charge in [0, 0.05) is 5.56 Å². The van der Waals surface area contributed by atoms with Crippen molar-refractivity contribution in [1.29, 1.82) is 0 Å². The highest BCUT2D eigenvalue weighted by Crippen LogP contribution is 2.28. The Hall–Kier alpha value is -1.55. The lowest BCUT2D eigenvalue weighted by molar-refractivity contribution is 0.0758. The third kappa shape index (κ3) is 2.82. The number of aliphatic hydroxyl groups is 1. The molecule has 1 aliphatic carbocycles. The first kappa shape index (κ1) is 12.9. The fourth-order valence-corrected chi connectivity index (χ4v) is 2.51. The van der Waals surface area contributed by atoms with E-state index in [0.29, 0.717) is 5.56 Å². The van der Waals surface area contributed by atoms with Crippen molar-refractivity contribution in [1.82, 2.24) is 5.32 Å². The van der Waals surface area contributed by atoms with Crippen molar-refractivity contribution in [2.75, 3.05) is 6.61 Å². The van der Waals surface area contributed by atoms with Gasteiger partial charge in [-0.05, 0) is 31.0 Å². The molecule has 0 atom stereocenters. The maximum atomic E-state index is 12.1. The molecule has 0 aliphatic heterocycles. The van der Waals surface area contributed by atoms with E-state index in [2.05, 4.69) is 5.32 Å². The van der Waals surface area contributed by atoms with Gasteiger partial charge in [0.15, 0.2) is 0 Å². The summed E-state index contributed by atoms with van der Waals surface area (Å²) in [5.41, 5.74) is -0.0609. The lowest BCUT2D eigenvalue weighted by atomic mass is 9.82. The topological polar surface area (TPSA) is 69.6 Å². The predicted octanol–water partition coefficient (Wildman–Crippen LogP) is 1.82. The van der Waals surface area contributed by atoms with E-state index in [1.54, 1.807) is 12.1 Å². The number of rotatable bonds is 3. The zero-order valence-corrected chi connectivity index (χ0v) is 10.4. The van der Waals surface area contributed by atoms with Crippen LogP contribution in [0.4, 0.5) is 0 Å². The van der Waals surface area contributed by atoms with Gasteiger partial charge in [-0.25, -0.2) is 0 Å². The normalized spacial score (nSPS) is 18.3. The molecule has 1 aliphatic rings. The minimum atomic E-state index is -0.485. The van der Waals surface area contributed by atoms with Gasteiger partial charge in [-0.3, -0.25) is 4.79 Å². The molecule has 0 bridgehead atoms. The third-order valence-electron chi connectivity index (χ3n) is 3.60. The fourth-order valence-electron chi connectivity index (χ4n) is 2.51. The lowest BCUT2D eigenvalue weighted by Crippen LogP contribution is -2.52. The molecule has 1 aromatic carbocycles. The molecule has 98 valence electrons. The van der Waals surface area contributed by atoms with Gasteiger partial charge in [-0.2, -0.15) is 0 Å². The van der Waals surface area contributed by atoms with Crippen LogP contribution < -0.4 is 5.32 Å². The SMILES string of the molecule is O=C(NC1(CO)CCCCC1)c1cccc(O)c1. The van der Waals surface area contributed by atoms with E-state index in [1.165, 1.54) is 12.1 Å². The molecular formula is C14H19NO3. The number of amides is 1. The quantitative estimate of drug-likeness (QED) is 0.765. The number of nitrogens with one attached hydrogen (secondary N) is 1. The Kier molecular flexibility index (Phi) is 3.87. The van der Waals surface area contributed by atoms with Gasteiger partial charge in [0.05, 0.1) is 12.1 Å². The summed E-state index contributed by atoms with van der Waals surface area (Å²) in [4.78, 5) is 12.1. The van der Waals surface area contributed by atoms with Crippen LogP contribution in [0, 0.1) is 0 Å². The summed E-state index contributed by atoms with van der Waals surface area (Å²) in [5.74, 6) is -0.161. The van der Waals surface area contributed by atoms with E-state index in [9.17, 15) is 15.0 Å². The highest BCUT2D eigenvalue weighted by Gasteiger charge is 2.33. The Morgan fingerprint density at radius 3 is 2.61 bits per heavy atom. The van der Waals surface area contributed by atoms with Crippen LogP contribution in [-0.2, 0) is 0 Å². The van der Waals surface area contributed by atoms with Crippen LogP contribution in [-0.4, -0.2) is 28.3 Å². The van der Waals surface area contributed by atoms with E-state index < -0.39 is 5.54 Å². The van der Waals surface area contributed by atoms with Gasteiger partial charge in [0.1, 0.15) is 5.75 Å². The van der Waals surface area contributed by atoms with Crippen LogP contribution in [0.5, 0.6) is 5.75 Å². The summed E-state index contributed by atoms with van der Waals surface area (Å²) in [7, 11) is 0. The van der Waals surface area contributed by atoms with Crippen molar-refractivity contribution >= 4 is 5.91 Å². The molecule has 4 nitrogen and oxygen atoms in total. The molecule has 0 heterocycles. The zero-order chi connectivity index (χ0) is 13.0. The molecule has 1 saturated carbocycles. The summed E-state index contributed by atoms with van der Waals surface area (Å²) in [6.45, 7) is -0.0302. The first-order valence-electron chi connectivity index (χ1n) is 6.38. The molecule has 1 fully saturated rings. The summed E-state index contributed by atoms with van der Waals surface area (Å²) in [6, 6.07) is 6.25. The second-order valence-electron chi connectivity index (χ2n) is 5.00. The first-order valence-corrected chi connectivity index (χ1v) is 6.38. The van der Waals surface area contributed by atoms with E-state index >= 15 is 0 Å². The van der Waals surface area contributed by atoms with E-state index in [4.69, 9.17) is 0 Å². The Bertz CT molecular complexity index is 425. The Morgan fingerprint density at radius 1 is 1.28 bits per heavy atom. The molecule has 4 heteroatoms. The summed E-state index contributed by atoms with van der Waals surface area (Å²) < 4.78 is 0. The van der Waals surface area contributed by atoms with Gasteiger partial charge in [0.25, 0.3) is 5.91 Å². The number of hydrogen-bond acceptors (Lipinski definition) is 3. The van der Waals surface area contributed by atoms with Crippen LogP contribution in [0.2, 0.25) is 0 Å². The van der Waals surface area contributed by atoms with Crippen LogP contribution in [0.15, 0.2) is 24.3 Å². The number of phenols is 1. The number of aliphatic hydroxyl groups excluding tert-OH is 1. The summed E-state index contributed by atoms with van der Waals surface area (Å²) in [5, 5.41) is 21.8. The number of carbonyl (C=O) groups is 1. The number of aromatic hydroxyl groups is 1. The largest absolute Gasteiger partial charge is 0.508 e. The lowest BCUT2D eigenvalue weighted by Gasteiger charge is -2.36. The van der Waals surface area contributed by atoms with Crippen LogP contribution in [0.1, 0.15) is 42.5 Å². The summed E-state index contributed by atoms with van der Waals surface area (Å²) in [6.07, 6.45) is 4.84. The second kappa shape index (κ2) is 5.40. The molecule has 18 heavy (non-hydrogen) atoms. The number of carbonyl (C=O) groups excluding carboxylic acids is 1. The van der Waals surface area contributed by atoms with E-state index in [1.807, 2.05) is 0 Å². The molecule has 3 N–H and O–H groups in total. The molecule has 1 amide bonds. The Balaban J connectivity index is 2.10. The van der Waals surface area contributed by atoms with Crippen molar-refractivity contribution < 1.29 is 15.0 Å². The van der Waals surface area contributed by atoms with Crippen molar-refractivity contribution in [2.45, 2.75) is 37.6 Å². The monoisotopic (exact) mass is 249 g/mol. The molecule has 1 aromatic rings. The van der Waals surface area contributed by atoms with Crippen LogP contribution in [0.3, 0.4) is 0 Å². The summed E-state index contributed by atoms with van der Waals surface area (Å²) >= 11 is 0. The van der Waals surface area contributed by atoms with Crippen molar-refractivity contribution in [3.8, 4) is 5.75 Å². The fraction of sp³-hybridized carbons (Fsp3) is 0.500. The third-order valence-corrected chi connectivity index (χ3v) is 3.60. The Labute approximate surface area is 107 Å². The molecule has 0 unspecified atom stereocenters. The van der Waals surface area contributed by atoms with E-state index in [-0.39, 0.29) is 18.3 Å². The molecule has 0 saturated heterocycles. The maximum absolute atomic E-state index is 12.1. The number of benzene rings is 1. The smallest absolute Gasteiger partial charge is 0.251 e. The van der Waals surface area contributed by atoms with Crippen molar-refractivity contribution in [3.63, 3.8) is 0 Å². The van der Waals surface area contributed by atoms with Gasteiger partial charge < -0.3 is 15.5 Å². The highest BCUT2D eigenvalue weighted by atomic mass is 16.3. The first-order chi connectivity index (χ1) is 8.65. The highest BCUT2D eigenvalue weighted by molar-refractivity contribution is 5.95. The van der Waals surface area contributed by atoms with Crippen molar-refractivity contribution in [2.24, 2.45) is 0 Å². The van der Waals surface area contributed by atoms with E-state index in [0.717, 1.165) is 32.1 Å². The standard InChI is InChI=1S/C14H19NO3/c16-10-14(7-2-1-3-8-14)15-13(18)11-5-4-6-12(17)9-11/h4-6,9,16-17H,1-3,7-8,10H2,(H,15,18).